The zero-order valence-corrected chi connectivity index (χ0v) is 10.7. The van der Waals surface area contributed by atoms with Gasteiger partial charge in [-0.15, -0.1) is 0 Å². The average Bonchev–Trinajstić information content (AvgIpc) is 2.61. The number of carbonyl (C=O) groups is 1. The number of benzene rings is 1. The number of hydrogen-bond donors (Lipinski definition) is 2. The maximum absolute atomic E-state index is 12.1. The topological polar surface area (TPSA) is 72.9 Å². The van der Waals surface area contributed by atoms with Crippen molar-refractivity contribution in [1.29, 1.82) is 0 Å². The Morgan fingerprint density at radius 2 is 2.06 bits per heavy atom. The second kappa shape index (κ2) is 4.52. The number of aryl methyl sites for hydroxylation is 3. The van der Waals surface area contributed by atoms with Gasteiger partial charge in [-0.3, -0.25) is 9.48 Å². The number of carbonyl (C=O) groups excluding carboxylic acids is 1. The van der Waals surface area contributed by atoms with E-state index in [0.717, 1.165) is 11.3 Å². The van der Waals surface area contributed by atoms with Crippen LogP contribution in [0.3, 0.4) is 0 Å². The molecule has 18 heavy (non-hydrogen) atoms. The third-order valence-electron chi connectivity index (χ3n) is 2.86. The molecule has 0 saturated heterocycles. The summed E-state index contributed by atoms with van der Waals surface area (Å²) in [4.78, 5) is 12.1. The van der Waals surface area contributed by atoms with Gasteiger partial charge in [-0.2, -0.15) is 5.10 Å². The molecule has 3 N–H and O–H groups in total. The molecule has 1 heterocycles. The number of nitrogens with two attached hydrogens (primary N) is 1. The zero-order valence-electron chi connectivity index (χ0n) is 10.7. The second-order valence-corrected chi connectivity index (χ2v) is 4.32. The largest absolute Gasteiger partial charge is 0.399 e. The summed E-state index contributed by atoms with van der Waals surface area (Å²) in [5, 5.41) is 6.94. The molecule has 2 aromatic rings. The molecule has 2 rings (SSSR count). The quantitative estimate of drug-likeness (QED) is 0.792. The number of nitrogens with zero attached hydrogens (tertiary/aromatic N) is 2. The van der Waals surface area contributed by atoms with Crippen LogP contribution in [0.25, 0.3) is 0 Å². The van der Waals surface area contributed by atoms with Crippen molar-refractivity contribution in [2.75, 3.05) is 11.1 Å². The van der Waals surface area contributed by atoms with Crippen molar-refractivity contribution >= 4 is 17.4 Å². The van der Waals surface area contributed by atoms with Crippen LogP contribution in [0.15, 0.2) is 24.3 Å². The molecule has 0 unspecified atom stereocenters. The summed E-state index contributed by atoms with van der Waals surface area (Å²) in [6.07, 6.45) is 0. The lowest BCUT2D eigenvalue weighted by molar-refractivity contribution is 0.102. The smallest absolute Gasteiger partial charge is 0.257 e. The molecule has 5 nitrogen and oxygen atoms in total. The van der Waals surface area contributed by atoms with Crippen LogP contribution >= 0.6 is 0 Å². The van der Waals surface area contributed by atoms with Gasteiger partial charge in [0, 0.05) is 30.1 Å². The minimum Gasteiger partial charge on any atom is -0.399 e. The van der Waals surface area contributed by atoms with Gasteiger partial charge in [0.25, 0.3) is 5.91 Å². The number of nitrogen functional groups attached to an aromatic ring is 1. The van der Waals surface area contributed by atoms with Crippen molar-refractivity contribution in [3.8, 4) is 0 Å². The highest BCUT2D eigenvalue weighted by Gasteiger charge is 2.11. The van der Waals surface area contributed by atoms with Crippen LogP contribution in [-0.2, 0) is 7.05 Å². The van der Waals surface area contributed by atoms with E-state index in [-0.39, 0.29) is 5.91 Å². The van der Waals surface area contributed by atoms with Crippen LogP contribution in [0.4, 0.5) is 11.5 Å². The predicted octanol–water partition coefficient (Wildman–Crippen LogP) is 1.87. The van der Waals surface area contributed by atoms with Gasteiger partial charge < -0.3 is 11.1 Å². The summed E-state index contributed by atoms with van der Waals surface area (Å²) >= 11 is 0. The maximum Gasteiger partial charge on any atom is 0.257 e. The number of rotatable bonds is 2. The van der Waals surface area contributed by atoms with Crippen molar-refractivity contribution in [2.45, 2.75) is 13.8 Å². The minimum atomic E-state index is -0.196. The van der Waals surface area contributed by atoms with E-state index in [1.807, 2.05) is 33.0 Å². The van der Waals surface area contributed by atoms with Gasteiger partial charge >= 0.3 is 0 Å². The van der Waals surface area contributed by atoms with Crippen LogP contribution < -0.4 is 11.1 Å². The molecule has 0 atom stereocenters. The molecule has 0 aliphatic heterocycles. The van der Waals surface area contributed by atoms with E-state index in [0.29, 0.717) is 17.1 Å². The van der Waals surface area contributed by atoms with Gasteiger partial charge in [-0.25, -0.2) is 0 Å². The summed E-state index contributed by atoms with van der Waals surface area (Å²) < 4.78 is 1.71. The number of hydrogen-bond acceptors (Lipinski definition) is 3. The molecule has 0 aliphatic carbocycles. The fourth-order valence-electron chi connectivity index (χ4n) is 1.69. The SMILES string of the molecule is Cc1ccc(N)cc1C(=O)Nc1cc(C)n(C)n1. The van der Waals surface area contributed by atoms with E-state index in [1.165, 1.54) is 0 Å². The van der Waals surface area contributed by atoms with Crippen LogP contribution in [0.5, 0.6) is 0 Å². The summed E-state index contributed by atoms with van der Waals surface area (Å²) in [5.74, 6) is 0.347. The first kappa shape index (κ1) is 12.2. The van der Waals surface area contributed by atoms with Gasteiger partial charge in [0.05, 0.1) is 0 Å². The van der Waals surface area contributed by atoms with Crippen LogP contribution in [0.1, 0.15) is 21.6 Å². The van der Waals surface area contributed by atoms with Crippen LogP contribution in [0.2, 0.25) is 0 Å². The standard InChI is InChI=1S/C13H16N4O/c1-8-4-5-10(14)7-11(8)13(18)15-12-6-9(2)17(3)16-12/h4-7H,14H2,1-3H3,(H,15,16,18). The van der Waals surface area contributed by atoms with E-state index in [2.05, 4.69) is 10.4 Å². The molecule has 0 spiro atoms. The molecule has 1 amide bonds. The highest BCUT2D eigenvalue weighted by molar-refractivity contribution is 6.05. The second-order valence-electron chi connectivity index (χ2n) is 4.32. The Kier molecular flexibility index (Phi) is 3.06. The van der Waals surface area contributed by atoms with Crippen molar-refractivity contribution in [2.24, 2.45) is 7.05 Å². The monoisotopic (exact) mass is 244 g/mol. The molecule has 0 radical (unpaired) electrons. The molecule has 1 aromatic carbocycles. The maximum atomic E-state index is 12.1. The lowest BCUT2D eigenvalue weighted by atomic mass is 10.1. The Hall–Kier alpha value is -2.30. The van der Waals surface area contributed by atoms with Crippen molar-refractivity contribution in [1.82, 2.24) is 9.78 Å². The third-order valence-corrected chi connectivity index (χ3v) is 2.86. The Morgan fingerprint density at radius 1 is 1.33 bits per heavy atom. The zero-order chi connectivity index (χ0) is 13.3. The Balaban J connectivity index is 2.24. The highest BCUT2D eigenvalue weighted by Crippen LogP contribution is 2.15. The van der Waals surface area contributed by atoms with Gasteiger partial charge in [0.15, 0.2) is 5.82 Å². The van der Waals surface area contributed by atoms with Gasteiger partial charge in [0.1, 0.15) is 0 Å². The van der Waals surface area contributed by atoms with Crippen LogP contribution in [0, 0.1) is 13.8 Å². The Morgan fingerprint density at radius 3 is 2.67 bits per heavy atom. The molecule has 0 bridgehead atoms. The van der Waals surface area contributed by atoms with E-state index in [9.17, 15) is 4.79 Å². The number of nitrogens with one attached hydrogen (secondary N) is 1. The molecule has 0 aliphatic rings. The summed E-state index contributed by atoms with van der Waals surface area (Å²) in [5.41, 5.74) is 8.69. The van der Waals surface area contributed by atoms with Crippen molar-refractivity contribution < 1.29 is 4.79 Å². The first-order chi connectivity index (χ1) is 8.47. The predicted molar refractivity (Wildman–Crippen MR) is 71.5 cm³/mol. The van der Waals surface area contributed by atoms with Gasteiger partial charge in [-0.05, 0) is 31.5 Å². The van der Waals surface area contributed by atoms with E-state index >= 15 is 0 Å². The first-order valence-corrected chi connectivity index (χ1v) is 5.65. The fourth-order valence-corrected chi connectivity index (χ4v) is 1.69. The fraction of sp³-hybridized carbons (Fsp3) is 0.231. The molecular formula is C13H16N4O. The van der Waals surface area contributed by atoms with E-state index < -0.39 is 0 Å². The normalized spacial score (nSPS) is 10.4. The Bertz CT molecular complexity index is 582. The minimum absolute atomic E-state index is 0.196. The summed E-state index contributed by atoms with van der Waals surface area (Å²) in [6, 6.07) is 7.09. The average molecular weight is 244 g/mol. The van der Waals surface area contributed by atoms with E-state index in [1.54, 1.807) is 16.8 Å². The lowest BCUT2D eigenvalue weighted by Gasteiger charge is -2.06. The molecule has 0 saturated carbocycles. The van der Waals surface area contributed by atoms with Gasteiger partial charge in [-0.1, -0.05) is 6.07 Å². The van der Waals surface area contributed by atoms with Crippen LogP contribution in [-0.4, -0.2) is 15.7 Å². The van der Waals surface area contributed by atoms with Crippen molar-refractivity contribution in [3.05, 3.63) is 41.1 Å². The first-order valence-electron chi connectivity index (χ1n) is 5.65. The Labute approximate surface area is 106 Å². The highest BCUT2D eigenvalue weighted by atomic mass is 16.1. The summed E-state index contributed by atoms with van der Waals surface area (Å²) in [7, 11) is 1.83. The molecule has 5 heteroatoms. The number of amides is 1. The van der Waals surface area contributed by atoms with E-state index in [4.69, 9.17) is 5.73 Å². The molecule has 1 aromatic heterocycles. The van der Waals surface area contributed by atoms with Gasteiger partial charge in [0.2, 0.25) is 0 Å². The molecular weight excluding hydrogens is 228 g/mol. The van der Waals surface area contributed by atoms with Crippen molar-refractivity contribution in [3.63, 3.8) is 0 Å². The third kappa shape index (κ3) is 2.34. The number of aromatic nitrogens is 2. The lowest BCUT2D eigenvalue weighted by Crippen LogP contribution is -2.14. The summed E-state index contributed by atoms with van der Waals surface area (Å²) in [6.45, 7) is 3.80. The molecule has 94 valence electrons. The molecule has 0 fully saturated rings. The number of anilines is 2.